The lowest BCUT2D eigenvalue weighted by atomic mass is 10.0. The maximum atomic E-state index is 10.4. The van der Waals surface area contributed by atoms with E-state index in [9.17, 15) is 4.79 Å². The number of halogens is 1. The summed E-state index contributed by atoms with van der Waals surface area (Å²) in [6.45, 7) is 0.527. The monoisotopic (exact) mass is 242 g/mol. The molecule has 1 N–H and O–H groups in total. The zero-order valence-corrected chi connectivity index (χ0v) is 9.96. The molecule has 0 unspecified atom stereocenters. The standard InChI is InChI=1S/C12H15ClO3/c1-16-8-10-5-6-11(13)7-9(10)3-2-4-12(14)15/h5-7H,2-4,8H2,1H3,(H,14,15). The number of aliphatic carboxylic acids is 1. The summed E-state index contributed by atoms with van der Waals surface area (Å²) < 4.78 is 5.08. The topological polar surface area (TPSA) is 46.5 Å². The minimum atomic E-state index is -0.768. The number of carboxylic acid groups (broad SMARTS) is 1. The van der Waals surface area contributed by atoms with Crippen molar-refractivity contribution in [3.8, 4) is 0 Å². The molecule has 3 nitrogen and oxygen atoms in total. The molecule has 0 radical (unpaired) electrons. The first kappa shape index (κ1) is 13.0. The summed E-state index contributed by atoms with van der Waals surface area (Å²) in [4.78, 5) is 10.4. The van der Waals surface area contributed by atoms with E-state index in [1.54, 1.807) is 7.11 Å². The summed E-state index contributed by atoms with van der Waals surface area (Å²) in [7, 11) is 1.63. The maximum absolute atomic E-state index is 10.4. The molecule has 0 saturated carbocycles. The highest BCUT2D eigenvalue weighted by molar-refractivity contribution is 6.30. The van der Waals surface area contributed by atoms with Crippen LogP contribution in [0.5, 0.6) is 0 Å². The highest BCUT2D eigenvalue weighted by Crippen LogP contribution is 2.19. The van der Waals surface area contributed by atoms with E-state index < -0.39 is 5.97 Å². The Kier molecular flexibility index (Phi) is 5.29. The van der Waals surface area contributed by atoms with Crippen LogP contribution in [-0.4, -0.2) is 18.2 Å². The van der Waals surface area contributed by atoms with Gasteiger partial charge in [-0.2, -0.15) is 0 Å². The van der Waals surface area contributed by atoms with Gasteiger partial charge in [0.2, 0.25) is 0 Å². The normalized spacial score (nSPS) is 10.4. The Morgan fingerprint density at radius 1 is 1.44 bits per heavy atom. The van der Waals surface area contributed by atoms with Crippen LogP contribution in [-0.2, 0) is 22.6 Å². The fourth-order valence-electron chi connectivity index (χ4n) is 1.55. The van der Waals surface area contributed by atoms with Crippen molar-refractivity contribution < 1.29 is 14.6 Å². The first-order chi connectivity index (χ1) is 7.63. The molecule has 0 atom stereocenters. The summed E-state index contributed by atoms with van der Waals surface area (Å²) in [6, 6.07) is 5.61. The second-order valence-corrected chi connectivity index (χ2v) is 4.03. The molecule has 0 aromatic heterocycles. The van der Waals surface area contributed by atoms with Crippen molar-refractivity contribution >= 4 is 17.6 Å². The number of aryl methyl sites for hydroxylation is 1. The number of hydrogen-bond donors (Lipinski definition) is 1. The van der Waals surface area contributed by atoms with Gasteiger partial charge in [-0.05, 0) is 36.1 Å². The third-order valence-electron chi connectivity index (χ3n) is 2.30. The zero-order chi connectivity index (χ0) is 12.0. The number of carbonyl (C=O) groups is 1. The molecule has 4 heteroatoms. The number of benzene rings is 1. The van der Waals surface area contributed by atoms with E-state index in [4.69, 9.17) is 21.4 Å². The van der Waals surface area contributed by atoms with Gasteiger partial charge in [-0.25, -0.2) is 0 Å². The van der Waals surface area contributed by atoms with Crippen LogP contribution in [0.4, 0.5) is 0 Å². The van der Waals surface area contributed by atoms with E-state index in [2.05, 4.69) is 0 Å². The highest BCUT2D eigenvalue weighted by Gasteiger charge is 2.05. The van der Waals surface area contributed by atoms with Gasteiger partial charge < -0.3 is 9.84 Å². The second-order valence-electron chi connectivity index (χ2n) is 3.59. The van der Waals surface area contributed by atoms with Crippen molar-refractivity contribution in [2.75, 3.05) is 7.11 Å². The number of ether oxygens (including phenoxy) is 1. The van der Waals surface area contributed by atoms with Crippen molar-refractivity contribution in [2.45, 2.75) is 25.9 Å². The molecule has 0 amide bonds. The van der Waals surface area contributed by atoms with Crippen LogP contribution in [0.15, 0.2) is 18.2 Å². The van der Waals surface area contributed by atoms with Crippen molar-refractivity contribution in [1.82, 2.24) is 0 Å². The average Bonchev–Trinajstić information content (AvgIpc) is 2.21. The van der Waals surface area contributed by atoms with Gasteiger partial charge in [0.15, 0.2) is 0 Å². The molecule has 0 spiro atoms. The fraction of sp³-hybridized carbons (Fsp3) is 0.417. The smallest absolute Gasteiger partial charge is 0.303 e. The van der Waals surface area contributed by atoms with Crippen LogP contribution >= 0.6 is 11.6 Å². The van der Waals surface area contributed by atoms with Crippen molar-refractivity contribution in [3.63, 3.8) is 0 Å². The summed E-state index contributed by atoms with van der Waals surface area (Å²) >= 11 is 5.90. The molecular weight excluding hydrogens is 228 g/mol. The van der Waals surface area contributed by atoms with Crippen molar-refractivity contribution in [2.24, 2.45) is 0 Å². The lowest BCUT2D eigenvalue weighted by molar-refractivity contribution is -0.137. The summed E-state index contributed by atoms with van der Waals surface area (Å²) in [6.07, 6.45) is 1.51. The van der Waals surface area contributed by atoms with Gasteiger partial charge in [-0.1, -0.05) is 17.7 Å². The first-order valence-electron chi connectivity index (χ1n) is 5.11. The Morgan fingerprint density at radius 3 is 2.81 bits per heavy atom. The minimum Gasteiger partial charge on any atom is -0.481 e. The van der Waals surface area contributed by atoms with Gasteiger partial charge in [-0.15, -0.1) is 0 Å². The largest absolute Gasteiger partial charge is 0.481 e. The van der Waals surface area contributed by atoms with Crippen LogP contribution in [0, 0.1) is 0 Å². The Hall–Kier alpha value is -1.06. The molecule has 88 valence electrons. The second kappa shape index (κ2) is 6.51. The SMILES string of the molecule is COCc1ccc(Cl)cc1CCCC(=O)O. The minimum absolute atomic E-state index is 0.179. The van der Waals surface area contributed by atoms with Gasteiger partial charge in [0.05, 0.1) is 6.61 Å². The zero-order valence-electron chi connectivity index (χ0n) is 9.20. The third-order valence-corrected chi connectivity index (χ3v) is 2.54. The maximum Gasteiger partial charge on any atom is 0.303 e. The Bertz CT molecular complexity index is 363. The van der Waals surface area contributed by atoms with Gasteiger partial charge in [0.25, 0.3) is 0 Å². The lowest BCUT2D eigenvalue weighted by Gasteiger charge is -2.08. The highest BCUT2D eigenvalue weighted by atomic mass is 35.5. The van der Waals surface area contributed by atoms with E-state index in [-0.39, 0.29) is 6.42 Å². The summed E-state index contributed by atoms with van der Waals surface area (Å²) in [5, 5.41) is 9.24. The molecule has 0 aliphatic carbocycles. The number of hydrogen-bond acceptors (Lipinski definition) is 2. The first-order valence-corrected chi connectivity index (χ1v) is 5.49. The van der Waals surface area contributed by atoms with Crippen LogP contribution in [0.25, 0.3) is 0 Å². The number of rotatable bonds is 6. The van der Waals surface area contributed by atoms with Gasteiger partial charge in [0, 0.05) is 18.6 Å². The molecule has 0 heterocycles. The lowest BCUT2D eigenvalue weighted by Crippen LogP contribution is -1.99. The molecule has 1 rings (SSSR count). The van der Waals surface area contributed by atoms with Crippen molar-refractivity contribution in [3.05, 3.63) is 34.3 Å². The van der Waals surface area contributed by atoms with Crippen molar-refractivity contribution in [1.29, 1.82) is 0 Å². The predicted octanol–water partition coefficient (Wildman–Crippen LogP) is 2.89. The Balaban J connectivity index is 2.67. The van der Waals surface area contributed by atoms with E-state index >= 15 is 0 Å². The number of methoxy groups -OCH3 is 1. The predicted molar refractivity (Wildman–Crippen MR) is 62.7 cm³/mol. The molecule has 1 aromatic rings. The number of carboxylic acids is 1. The summed E-state index contributed by atoms with van der Waals surface area (Å²) in [5.74, 6) is -0.768. The van der Waals surface area contributed by atoms with Gasteiger partial charge in [-0.3, -0.25) is 4.79 Å². The Labute approximate surface area is 100.0 Å². The van der Waals surface area contributed by atoms with E-state index in [0.717, 1.165) is 11.1 Å². The van der Waals surface area contributed by atoms with E-state index in [1.165, 1.54) is 0 Å². The third kappa shape index (κ3) is 4.21. The molecule has 0 aliphatic rings. The molecular formula is C12H15ClO3. The van der Waals surface area contributed by atoms with Gasteiger partial charge >= 0.3 is 5.97 Å². The molecule has 0 fully saturated rings. The molecule has 1 aromatic carbocycles. The van der Waals surface area contributed by atoms with Crippen LogP contribution in [0.3, 0.4) is 0 Å². The molecule has 0 aliphatic heterocycles. The quantitative estimate of drug-likeness (QED) is 0.834. The van der Waals surface area contributed by atoms with Crippen LogP contribution in [0.2, 0.25) is 5.02 Å². The Morgan fingerprint density at radius 2 is 2.19 bits per heavy atom. The fourth-order valence-corrected chi connectivity index (χ4v) is 1.75. The van der Waals surface area contributed by atoms with Crippen LogP contribution < -0.4 is 0 Å². The van der Waals surface area contributed by atoms with E-state index in [1.807, 2.05) is 18.2 Å². The molecule has 0 saturated heterocycles. The van der Waals surface area contributed by atoms with Crippen LogP contribution in [0.1, 0.15) is 24.0 Å². The van der Waals surface area contributed by atoms with E-state index in [0.29, 0.717) is 24.5 Å². The van der Waals surface area contributed by atoms with Gasteiger partial charge in [0.1, 0.15) is 0 Å². The summed E-state index contributed by atoms with van der Waals surface area (Å²) in [5.41, 5.74) is 2.13. The molecule has 16 heavy (non-hydrogen) atoms. The average molecular weight is 243 g/mol. The molecule has 0 bridgehead atoms.